The van der Waals surface area contributed by atoms with Crippen molar-refractivity contribution in [2.45, 2.75) is 57.5 Å². The zero-order valence-electron chi connectivity index (χ0n) is 18.7. The van der Waals surface area contributed by atoms with Crippen LogP contribution in [0.5, 0.6) is 0 Å². The number of carboxylic acids is 4. The molecule has 180 valence electrons. The van der Waals surface area contributed by atoms with Crippen molar-refractivity contribution in [1.29, 1.82) is 0 Å². The molecule has 10 nitrogen and oxygen atoms in total. The van der Waals surface area contributed by atoms with Gasteiger partial charge in [-0.25, -0.2) is 4.79 Å². The Morgan fingerprint density at radius 3 is 1.59 bits per heavy atom. The predicted octanol–water partition coefficient (Wildman–Crippen LogP) is 1.90. The van der Waals surface area contributed by atoms with Crippen LogP contribution in [0, 0.1) is 0 Å². The smallest absolute Gasteiger partial charge is 0.336 e. The molecule has 0 aliphatic rings. The molecule has 0 bridgehead atoms. The van der Waals surface area contributed by atoms with Gasteiger partial charge in [0.2, 0.25) is 0 Å². The van der Waals surface area contributed by atoms with Gasteiger partial charge in [-0.1, -0.05) is 51.1 Å². The van der Waals surface area contributed by atoms with E-state index in [-0.39, 0.29) is 0 Å². The third-order valence-electron chi connectivity index (χ3n) is 5.37. The monoisotopic (exact) mass is 455 g/mol. The van der Waals surface area contributed by atoms with Gasteiger partial charge in [0.25, 0.3) is 0 Å². The molecule has 1 unspecified atom stereocenters. The standard InChI is InChI=1S/C16H25NO2.C6H8O7/c1-4-16(15(18)19,12-13-17(5-2)6-3)14-10-8-7-9-11-14;7-3(8)1-6(13,5(11)12)2-4(9)10/h7-11H,4-6,12-13H2,1-3H3,(H,18,19);13H,1-2H2,(H,7,8)(H,9,10)(H,11,12). The molecule has 0 amide bonds. The number of hydrogen-bond acceptors (Lipinski definition) is 6. The highest BCUT2D eigenvalue weighted by Crippen LogP contribution is 2.32. The zero-order chi connectivity index (χ0) is 24.9. The summed E-state index contributed by atoms with van der Waals surface area (Å²) in [6.07, 6.45) is -1.01. The van der Waals surface area contributed by atoms with Crippen molar-refractivity contribution in [2.24, 2.45) is 0 Å². The number of hydrogen-bond donors (Lipinski definition) is 5. The second kappa shape index (κ2) is 13.4. The Labute approximate surface area is 187 Å². The molecule has 0 saturated heterocycles. The lowest BCUT2D eigenvalue weighted by atomic mass is 9.75. The Hall–Kier alpha value is -2.98. The van der Waals surface area contributed by atoms with Crippen LogP contribution in [0.1, 0.15) is 52.0 Å². The van der Waals surface area contributed by atoms with E-state index in [1.165, 1.54) is 0 Å². The zero-order valence-corrected chi connectivity index (χ0v) is 18.7. The molecule has 0 aromatic heterocycles. The van der Waals surface area contributed by atoms with Gasteiger partial charge in [0.15, 0.2) is 5.60 Å². The molecule has 0 spiro atoms. The van der Waals surface area contributed by atoms with Gasteiger partial charge in [-0.05, 0) is 38.0 Å². The van der Waals surface area contributed by atoms with Gasteiger partial charge in [0.1, 0.15) is 0 Å². The fraction of sp³-hybridized carbons (Fsp3) is 0.545. The number of benzene rings is 1. The minimum Gasteiger partial charge on any atom is -0.481 e. The first-order chi connectivity index (χ1) is 14.9. The first-order valence-electron chi connectivity index (χ1n) is 10.3. The number of carboxylic acid groups (broad SMARTS) is 4. The second-order valence-electron chi connectivity index (χ2n) is 7.36. The third-order valence-corrected chi connectivity index (χ3v) is 5.37. The Balaban J connectivity index is 0.000000649. The molecule has 32 heavy (non-hydrogen) atoms. The van der Waals surface area contributed by atoms with E-state index in [0.29, 0.717) is 12.8 Å². The van der Waals surface area contributed by atoms with E-state index in [1.807, 2.05) is 37.3 Å². The number of nitrogens with zero attached hydrogens (tertiary/aromatic N) is 1. The maximum absolute atomic E-state index is 11.8. The fourth-order valence-electron chi connectivity index (χ4n) is 3.27. The van der Waals surface area contributed by atoms with Crippen LogP contribution in [0.25, 0.3) is 0 Å². The molecule has 10 heteroatoms. The van der Waals surface area contributed by atoms with Gasteiger partial charge in [-0.15, -0.1) is 0 Å². The highest BCUT2D eigenvalue weighted by Gasteiger charge is 2.41. The van der Waals surface area contributed by atoms with Crippen molar-refractivity contribution >= 4 is 23.9 Å². The first kappa shape index (κ1) is 29.0. The highest BCUT2D eigenvalue weighted by molar-refractivity contribution is 5.88. The molecule has 0 fully saturated rings. The average molecular weight is 456 g/mol. The predicted molar refractivity (Wildman–Crippen MR) is 116 cm³/mol. The van der Waals surface area contributed by atoms with Crippen molar-refractivity contribution in [3.8, 4) is 0 Å². The van der Waals surface area contributed by atoms with Gasteiger partial charge in [-0.3, -0.25) is 14.4 Å². The maximum Gasteiger partial charge on any atom is 0.336 e. The SMILES string of the molecule is CCN(CC)CCC(CC)(C(=O)O)c1ccccc1.O=C(O)CC(O)(CC(=O)O)C(=O)O. The van der Waals surface area contributed by atoms with Crippen LogP contribution < -0.4 is 0 Å². The Bertz CT molecular complexity index is 746. The maximum atomic E-state index is 11.8. The summed E-state index contributed by atoms with van der Waals surface area (Å²) >= 11 is 0. The lowest BCUT2D eigenvalue weighted by Crippen LogP contribution is -2.42. The lowest BCUT2D eigenvalue weighted by Gasteiger charge is -2.31. The van der Waals surface area contributed by atoms with E-state index in [2.05, 4.69) is 18.7 Å². The molecule has 0 saturated carbocycles. The van der Waals surface area contributed by atoms with Crippen LogP contribution in [0.3, 0.4) is 0 Å². The molecule has 1 aromatic carbocycles. The molecule has 0 aliphatic carbocycles. The molecular weight excluding hydrogens is 422 g/mol. The van der Waals surface area contributed by atoms with E-state index in [1.54, 1.807) is 0 Å². The summed E-state index contributed by atoms with van der Waals surface area (Å²) in [7, 11) is 0. The van der Waals surface area contributed by atoms with Crippen molar-refractivity contribution in [1.82, 2.24) is 4.90 Å². The van der Waals surface area contributed by atoms with E-state index in [0.717, 1.165) is 25.2 Å². The summed E-state index contributed by atoms with van der Waals surface area (Å²) in [6, 6.07) is 9.62. The lowest BCUT2D eigenvalue weighted by molar-refractivity contribution is -0.170. The minimum absolute atomic E-state index is 0.619. The van der Waals surface area contributed by atoms with Gasteiger partial charge >= 0.3 is 23.9 Å². The quantitative estimate of drug-likeness (QED) is 0.296. The third kappa shape index (κ3) is 8.64. The average Bonchev–Trinajstić information content (AvgIpc) is 2.71. The van der Waals surface area contributed by atoms with E-state index >= 15 is 0 Å². The number of aliphatic carboxylic acids is 4. The normalized spacial score (nSPS) is 12.9. The van der Waals surface area contributed by atoms with Crippen molar-refractivity contribution < 1.29 is 44.7 Å². The van der Waals surface area contributed by atoms with Crippen molar-refractivity contribution in [2.75, 3.05) is 19.6 Å². The Kier molecular flexibility index (Phi) is 12.2. The van der Waals surface area contributed by atoms with E-state index in [9.17, 15) is 24.3 Å². The molecule has 5 N–H and O–H groups in total. The number of rotatable bonds is 13. The van der Waals surface area contributed by atoms with Crippen LogP contribution in [0.15, 0.2) is 30.3 Å². The van der Waals surface area contributed by atoms with Crippen LogP contribution >= 0.6 is 0 Å². The van der Waals surface area contributed by atoms with Crippen LogP contribution in [-0.4, -0.2) is 79.5 Å². The van der Waals surface area contributed by atoms with Crippen LogP contribution in [0.2, 0.25) is 0 Å². The van der Waals surface area contributed by atoms with Gasteiger partial charge in [0.05, 0.1) is 18.3 Å². The van der Waals surface area contributed by atoms with Gasteiger partial charge < -0.3 is 30.4 Å². The molecule has 1 atom stereocenters. The Morgan fingerprint density at radius 1 is 0.812 bits per heavy atom. The highest BCUT2D eigenvalue weighted by atomic mass is 16.4. The van der Waals surface area contributed by atoms with Crippen LogP contribution in [-0.2, 0) is 24.6 Å². The molecule has 1 rings (SSSR count). The van der Waals surface area contributed by atoms with E-state index in [4.69, 9.17) is 20.4 Å². The molecule has 0 aliphatic heterocycles. The summed E-state index contributed by atoms with van der Waals surface area (Å²) in [5.41, 5.74) is -2.58. The fourth-order valence-corrected chi connectivity index (χ4v) is 3.27. The second-order valence-corrected chi connectivity index (χ2v) is 7.36. The van der Waals surface area contributed by atoms with Crippen molar-refractivity contribution in [3.63, 3.8) is 0 Å². The largest absolute Gasteiger partial charge is 0.481 e. The summed E-state index contributed by atoms with van der Waals surface area (Å²) in [5.74, 6) is -5.73. The molecule has 0 radical (unpaired) electrons. The molecule has 1 aromatic rings. The first-order valence-corrected chi connectivity index (χ1v) is 10.3. The number of carbonyl (C=O) groups is 4. The van der Waals surface area contributed by atoms with Crippen molar-refractivity contribution in [3.05, 3.63) is 35.9 Å². The number of aliphatic hydroxyl groups is 1. The summed E-state index contributed by atoms with van der Waals surface area (Å²) in [4.78, 5) is 44.6. The summed E-state index contributed by atoms with van der Waals surface area (Å²) in [5, 5.41) is 43.5. The van der Waals surface area contributed by atoms with Gasteiger partial charge in [-0.2, -0.15) is 0 Å². The minimum atomic E-state index is -2.74. The van der Waals surface area contributed by atoms with Crippen LogP contribution in [0.4, 0.5) is 0 Å². The summed E-state index contributed by atoms with van der Waals surface area (Å²) in [6.45, 7) is 8.93. The van der Waals surface area contributed by atoms with E-state index < -0.39 is 47.7 Å². The molecular formula is C22H33NO9. The Morgan fingerprint density at radius 2 is 1.28 bits per heavy atom. The van der Waals surface area contributed by atoms with Gasteiger partial charge in [0, 0.05) is 0 Å². The summed E-state index contributed by atoms with van der Waals surface area (Å²) < 4.78 is 0. The molecule has 0 heterocycles. The topological polar surface area (TPSA) is 173 Å².